The van der Waals surface area contributed by atoms with Crippen molar-refractivity contribution in [3.63, 3.8) is 0 Å². The second-order valence-electron chi connectivity index (χ2n) is 4.31. The van der Waals surface area contributed by atoms with Gasteiger partial charge in [-0.05, 0) is 0 Å². The number of rotatable bonds is 2. The molecule has 9 nitrogen and oxygen atoms in total. The topological polar surface area (TPSA) is 140 Å². The maximum absolute atomic E-state index is 9.95. The zero-order valence-electron chi connectivity index (χ0n) is 9.79. The number of hydrogen-bond donors (Lipinski definition) is 4. The lowest BCUT2D eigenvalue weighted by Gasteiger charge is -2.16. The molecule has 102 valence electrons. The molecule has 0 aliphatic carbocycles. The third-order valence-corrected chi connectivity index (χ3v) is 3.18. The molecule has 3 heterocycles. The lowest BCUT2D eigenvalue weighted by atomic mass is 10.1. The molecule has 0 spiro atoms. The lowest BCUT2D eigenvalue weighted by molar-refractivity contribution is -0.0511. The number of hydrogen-bond acceptors (Lipinski definition) is 8. The predicted molar refractivity (Wildman–Crippen MR) is 62.7 cm³/mol. The minimum atomic E-state index is -1.19. The first-order chi connectivity index (χ1) is 9.13. The number of anilines is 1. The second-order valence-corrected chi connectivity index (χ2v) is 4.31. The molecule has 1 aliphatic heterocycles. The molecule has 1 saturated heterocycles. The molecule has 4 atom stereocenters. The second kappa shape index (κ2) is 4.38. The van der Waals surface area contributed by atoms with Gasteiger partial charge in [0.15, 0.2) is 17.7 Å². The highest BCUT2D eigenvalue weighted by atomic mass is 16.6. The van der Waals surface area contributed by atoms with E-state index in [4.69, 9.17) is 15.6 Å². The number of nitrogen functional groups attached to an aromatic ring is 1. The average Bonchev–Trinajstić information content (AvgIpc) is 2.94. The Balaban J connectivity index is 2.04. The van der Waals surface area contributed by atoms with Crippen LogP contribution in [0.1, 0.15) is 6.23 Å². The minimum absolute atomic E-state index is 0.218. The fourth-order valence-corrected chi connectivity index (χ4v) is 2.17. The maximum atomic E-state index is 9.95. The first-order valence-electron chi connectivity index (χ1n) is 5.69. The molecule has 1 fully saturated rings. The largest absolute Gasteiger partial charge is 0.394 e. The van der Waals surface area contributed by atoms with Gasteiger partial charge in [-0.1, -0.05) is 0 Å². The Morgan fingerprint density at radius 1 is 1.26 bits per heavy atom. The molecule has 2 aromatic rings. The van der Waals surface area contributed by atoms with Crippen LogP contribution in [0.3, 0.4) is 0 Å². The van der Waals surface area contributed by atoms with Crippen LogP contribution in [0.25, 0.3) is 11.2 Å². The number of imidazole rings is 1. The first kappa shape index (κ1) is 12.2. The molecular weight excluding hydrogens is 254 g/mol. The fourth-order valence-electron chi connectivity index (χ4n) is 2.17. The predicted octanol–water partition coefficient (Wildman–Crippen LogP) is -1.98. The standard InChI is InChI=1S/C10H13N5O4/c11-8-5-9(13-2-12-8)15(3-14-5)10-7(18)6(17)4(1-16)19-10/h2-4,6-7,10,16-18H,1H2,(H2,11,12,13)/t4?,6?,7-,10?/m0/s1. The molecule has 0 bridgehead atoms. The summed E-state index contributed by atoms with van der Waals surface area (Å²) >= 11 is 0. The third kappa shape index (κ3) is 1.75. The van der Waals surface area contributed by atoms with Gasteiger partial charge in [-0.2, -0.15) is 0 Å². The van der Waals surface area contributed by atoms with Crippen molar-refractivity contribution < 1.29 is 20.1 Å². The number of aromatic nitrogens is 4. The van der Waals surface area contributed by atoms with Gasteiger partial charge in [-0.25, -0.2) is 15.0 Å². The molecule has 0 amide bonds. The highest BCUT2D eigenvalue weighted by molar-refractivity contribution is 5.81. The number of nitrogens with zero attached hydrogens (tertiary/aromatic N) is 4. The van der Waals surface area contributed by atoms with Gasteiger partial charge in [0.1, 0.15) is 30.2 Å². The summed E-state index contributed by atoms with van der Waals surface area (Å²) in [5.74, 6) is 0.218. The fraction of sp³-hybridized carbons (Fsp3) is 0.500. The molecule has 1 aliphatic rings. The van der Waals surface area contributed by atoms with Gasteiger partial charge >= 0.3 is 0 Å². The Hall–Kier alpha value is -1.81. The van der Waals surface area contributed by atoms with Gasteiger partial charge in [0.25, 0.3) is 0 Å². The minimum Gasteiger partial charge on any atom is -0.394 e. The summed E-state index contributed by atoms with van der Waals surface area (Å²) in [7, 11) is 0. The summed E-state index contributed by atoms with van der Waals surface area (Å²) in [6.07, 6.45) is -1.42. The molecular formula is C10H13N5O4. The van der Waals surface area contributed by atoms with Crippen molar-refractivity contribution in [1.29, 1.82) is 0 Å². The van der Waals surface area contributed by atoms with E-state index in [-0.39, 0.29) is 5.82 Å². The van der Waals surface area contributed by atoms with E-state index in [2.05, 4.69) is 15.0 Å². The smallest absolute Gasteiger partial charge is 0.167 e. The van der Waals surface area contributed by atoms with Crippen molar-refractivity contribution in [3.05, 3.63) is 12.7 Å². The summed E-state index contributed by atoms with van der Waals surface area (Å²) in [5, 5.41) is 28.7. The molecule has 3 rings (SSSR count). The van der Waals surface area contributed by atoms with Crippen LogP contribution in [0.15, 0.2) is 12.7 Å². The van der Waals surface area contributed by atoms with Gasteiger partial charge < -0.3 is 25.8 Å². The van der Waals surface area contributed by atoms with E-state index in [9.17, 15) is 10.2 Å². The summed E-state index contributed by atoms with van der Waals surface area (Å²) in [6, 6.07) is 0. The highest BCUT2D eigenvalue weighted by Crippen LogP contribution is 2.31. The summed E-state index contributed by atoms with van der Waals surface area (Å²) < 4.78 is 6.85. The third-order valence-electron chi connectivity index (χ3n) is 3.18. The van der Waals surface area contributed by atoms with Crippen molar-refractivity contribution in [2.45, 2.75) is 24.5 Å². The van der Waals surface area contributed by atoms with Crippen molar-refractivity contribution in [2.24, 2.45) is 0 Å². The Kier molecular flexibility index (Phi) is 2.82. The SMILES string of the molecule is Nc1ncnc2c1ncn2C1OC(CO)C(O)[C@@H]1O. The van der Waals surface area contributed by atoms with E-state index in [0.29, 0.717) is 11.2 Å². The molecule has 19 heavy (non-hydrogen) atoms. The van der Waals surface area contributed by atoms with Gasteiger partial charge in [0, 0.05) is 0 Å². The molecule has 3 unspecified atom stereocenters. The van der Waals surface area contributed by atoms with Gasteiger partial charge in [-0.3, -0.25) is 4.57 Å². The van der Waals surface area contributed by atoms with Crippen molar-refractivity contribution in [3.8, 4) is 0 Å². The molecule has 5 N–H and O–H groups in total. The van der Waals surface area contributed by atoms with E-state index >= 15 is 0 Å². The summed E-state index contributed by atoms with van der Waals surface area (Å²) in [6.45, 7) is -0.390. The molecule has 0 radical (unpaired) electrons. The van der Waals surface area contributed by atoms with Crippen LogP contribution < -0.4 is 5.73 Å². The first-order valence-corrected chi connectivity index (χ1v) is 5.69. The molecule has 0 aromatic carbocycles. The van der Waals surface area contributed by atoms with Gasteiger partial charge in [0.2, 0.25) is 0 Å². The summed E-state index contributed by atoms with van der Waals surface area (Å²) in [5.41, 5.74) is 6.44. The normalized spacial score (nSPS) is 31.1. The quantitative estimate of drug-likeness (QED) is 0.491. The number of aliphatic hydroxyl groups excluding tert-OH is 3. The van der Waals surface area contributed by atoms with Crippen LogP contribution >= 0.6 is 0 Å². The van der Waals surface area contributed by atoms with E-state index in [1.165, 1.54) is 17.2 Å². The average molecular weight is 267 g/mol. The van der Waals surface area contributed by atoms with Crippen LogP contribution in [0.2, 0.25) is 0 Å². The number of nitrogens with two attached hydrogens (primary N) is 1. The number of ether oxygens (including phenoxy) is 1. The number of aliphatic hydroxyl groups is 3. The Morgan fingerprint density at radius 3 is 2.74 bits per heavy atom. The van der Waals surface area contributed by atoms with Crippen LogP contribution in [-0.2, 0) is 4.74 Å². The lowest BCUT2D eigenvalue weighted by Crippen LogP contribution is -2.33. The van der Waals surface area contributed by atoms with E-state index in [1.807, 2.05) is 0 Å². The van der Waals surface area contributed by atoms with Crippen molar-refractivity contribution >= 4 is 17.0 Å². The van der Waals surface area contributed by atoms with E-state index in [0.717, 1.165) is 0 Å². The molecule has 2 aromatic heterocycles. The van der Waals surface area contributed by atoms with E-state index < -0.39 is 31.1 Å². The summed E-state index contributed by atoms with van der Waals surface area (Å²) in [4.78, 5) is 11.9. The monoisotopic (exact) mass is 267 g/mol. The zero-order valence-corrected chi connectivity index (χ0v) is 9.79. The van der Waals surface area contributed by atoms with Gasteiger partial charge in [0.05, 0.1) is 12.9 Å². The van der Waals surface area contributed by atoms with Gasteiger partial charge in [-0.15, -0.1) is 0 Å². The van der Waals surface area contributed by atoms with E-state index in [1.54, 1.807) is 0 Å². The van der Waals surface area contributed by atoms with Crippen LogP contribution in [0.5, 0.6) is 0 Å². The highest BCUT2D eigenvalue weighted by Gasteiger charge is 2.43. The number of fused-ring (bicyclic) bond motifs is 1. The van der Waals surface area contributed by atoms with Crippen LogP contribution in [0.4, 0.5) is 5.82 Å². The molecule has 0 saturated carbocycles. The zero-order chi connectivity index (χ0) is 13.6. The van der Waals surface area contributed by atoms with Crippen molar-refractivity contribution in [2.75, 3.05) is 12.3 Å². The van der Waals surface area contributed by atoms with Crippen molar-refractivity contribution in [1.82, 2.24) is 19.5 Å². The maximum Gasteiger partial charge on any atom is 0.167 e. The Morgan fingerprint density at radius 2 is 2.05 bits per heavy atom. The Labute approximate surface area is 107 Å². The van der Waals surface area contributed by atoms with Crippen LogP contribution in [0, 0.1) is 0 Å². The van der Waals surface area contributed by atoms with Crippen LogP contribution in [-0.4, -0.2) is 59.8 Å². The Bertz CT molecular complexity index is 603. The molecule has 9 heteroatoms.